The molecule has 4 heteroatoms. The van der Waals surface area contributed by atoms with Gasteiger partial charge < -0.3 is 14.8 Å². The quantitative estimate of drug-likeness (QED) is 0.838. The lowest BCUT2D eigenvalue weighted by Crippen LogP contribution is -2.28. The van der Waals surface area contributed by atoms with Gasteiger partial charge in [0, 0.05) is 25.8 Å². The van der Waals surface area contributed by atoms with Crippen LogP contribution in [0.25, 0.3) is 0 Å². The van der Waals surface area contributed by atoms with Crippen LogP contribution >= 0.6 is 0 Å². The van der Waals surface area contributed by atoms with E-state index in [0.29, 0.717) is 17.9 Å². The number of methoxy groups -OCH3 is 1. The summed E-state index contributed by atoms with van der Waals surface area (Å²) in [5, 5.41) is 3.46. The van der Waals surface area contributed by atoms with E-state index in [1.807, 2.05) is 18.2 Å². The molecule has 1 aromatic heterocycles. The molecule has 1 aliphatic heterocycles. The van der Waals surface area contributed by atoms with Crippen molar-refractivity contribution < 1.29 is 9.47 Å². The van der Waals surface area contributed by atoms with Crippen molar-refractivity contribution in [1.29, 1.82) is 0 Å². The SMILES string of the molecule is CCC1OCCC1CNCc1cccc(OC)n1. The number of hydrogen-bond donors (Lipinski definition) is 1. The van der Waals surface area contributed by atoms with Crippen LogP contribution in [0.3, 0.4) is 0 Å². The lowest BCUT2D eigenvalue weighted by atomic mass is 10.00. The number of pyridine rings is 1. The van der Waals surface area contributed by atoms with E-state index in [1.165, 1.54) is 0 Å². The number of rotatable bonds is 6. The summed E-state index contributed by atoms with van der Waals surface area (Å²) in [5.41, 5.74) is 1.02. The molecule has 0 radical (unpaired) electrons. The Balaban J connectivity index is 1.77. The van der Waals surface area contributed by atoms with E-state index >= 15 is 0 Å². The molecule has 1 fully saturated rings. The standard InChI is InChI=1S/C14H22N2O2/c1-3-13-11(7-8-18-13)9-15-10-12-5-4-6-14(16-12)17-2/h4-6,11,13,15H,3,7-10H2,1-2H3. The summed E-state index contributed by atoms with van der Waals surface area (Å²) in [6.07, 6.45) is 2.69. The van der Waals surface area contributed by atoms with E-state index in [-0.39, 0.29) is 0 Å². The number of nitrogens with zero attached hydrogens (tertiary/aromatic N) is 1. The van der Waals surface area contributed by atoms with Gasteiger partial charge in [0.05, 0.1) is 18.9 Å². The van der Waals surface area contributed by atoms with Gasteiger partial charge in [-0.15, -0.1) is 0 Å². The van der Waals surface area contributed by atoms with Gasteiger partial charge in [-0.3, -0.25) is 0 Å². The maximum Gasteiger partial charge on any atom is 0.213 e. The fourth-order valence-electron chi connectivity index (χ4n) is 2.43. The average Bonchev–Trinajstić information content (AvgIpc) is 2.86. The molecule has 4 nitrogen and oxygen atoms in total. The fourth-order valence-corrected chi connectivity index (χ4v) is 2.43. The highest BCUT2D eigenvalue weighted by atomic mass is 16.5. The van der Waals surface area contributed by atoms with Gasteiger partial charge in [0.15, 0.2) is 0 Å². The van der Waals surface area contributed by atoms with Crippen LogP contribution in [0.1, 0.15) is 25.5 Å². The second kappa shape index (κ2) is 6.71. The molecular weight excluding hydrogens is 228 g/mol. The summed E-state index contributed by atoms with van der Waals surface area (Å²) in [5.74, 6) is 1.31. The molecule has 100 valence electrons. The fraction of sp³-hybridized carbons (Fsp3) is 0.643. The highest BCUT2D eigenvalue weighted by Crippen LogP contribution is 2.22. The molecule has 1 N–H and O–H groups in total. The van der Waals surface area contributed by atoms with Crippen molar-refractivity contribution in [3.05, 3.63) is 23.9 Å². The van der Waals surface area contributed by atoms with Crippen molar-refractivity contribution in [1.82, 2.24) is 10.3 Å². The Morgan fingerprint density at radius 2 is 2.39 bits per heavy atom. The Bertz CT molecular complexity index is 371. The van der Waals surface area contributed by atoms with Crippen molar-refractivity contribution in [2.24, 2.45) is 5.92 Å². The predicted molar refractivity (Wildman–Crippen MR) is 70.6 cm³/mol. The second-order valence-electron chi connectivity index (χ2n) is 4.67. The molecule has 2 unspecified atom stereocenters. The summed E-state index contributed by atoms with van der Waals surface area (Å²) in [7, 11) is 1.64. The molecular formula is C14H22N2O2. The first kappa shape index (κ1) is 13.3. The molecule has 0 aliphatic carbocycles. The third kappa shape index (κ3) is 3.43. The molecule has 2 heterocycles. The summed E-state index contributed by atoms with van der Waals surface area (Å²) in [6.45, 7) is 4.87. The highest BCUT2D eigenvalue weighted by molar-refractivity contribution is 5.15. The molecule has 2 atom stereocenters. The van der Waals surface area contributed by atoms with Gasteiger partial charge in [0.1, 0.15) is 0 Å². The minimum absolute atomic E-state index is 0.427. The van der Waals surface area contributed by atoms with Crippen LogP contribution in [0.2, 0.25) is 0 Å². The zero-order chi connectivity index (χ0) is 12.8. The summed E-state index contributed by atoms with van der Waals surface area (Å²) in [6, 6.07) is 5.84. The predicted octanol–water partition coefficient (Wildman–Crippen LogP) is 1.99. The van der Waals surface area contributed by atoms with Crippen molar-refractivity contribution in [2.75, 3.05) is 20.3 Å². The Kier molecular flexibility index (Phi) is 4.96. The smallest absolute Gasteiger partial charge is 0.213 e. The van der Waals surface area contributed by atoms with Crippen LogP contribution in [0.4, 0.5) is 0 Å². The van der Waals surface area contributed by atoms with Gasteiger partial charge >= 0.3 is 0 Å². The first-order valence-corrected chi connectivity index (χ1v) is 6.65. The van der Waals surface area contributed by atoms with Crippen molar-refractivity contribution >= 4 is 0 Å². The van der Waals surface area contributed by atoms with Crippen LogP contribution in [0, 0.1) is 5.92 Å². The van der Waals surface area contributed by atoms with Crippen molar-refractivity contribution in [3.63, 3.8) is 0 Å². The molecule has 0 bridgehead atoms. The van der Waals surface area contributed by atoms with Crippen LogP contribution < -0.4 is 10.1 Å². The van der Waals surface area contributed by atoms with Crippen molar-refractivity contribution in [3.8, 4) is 5.88 Å². The van der Waals surface area contributed by atoms with Gasteiger partial charge in [-0.05, 0) is 24.8 Å². The van der Waals surface area contributed by atoms with Crippen LogP contribution in [0.5, 0.6) is 5.88 Å². The normalized spacial score (nSPS) is 23.2. The zero-order valence-corrected chi connectivity index (χ0v) is 11.2. The Labute approximate surface area is 109 Å². The van der Waals surface area contributed by atoms with E-state index in [9.17, 15) is 0 Å². The maximum absolute atomic E-state index is 5.68. The van der Waals surface area contributed by atoms with Crippen LogP contribution in [0.15, 0.2) is 18.2 Å². The monoisotopic (exact) mass is 250 g/mol. The van der Waals surface area contributed by atoms with Crippen molar-refractivity contribution in [2.45, 2.75) is 32.4 Å². The maximum atomic E-state index is 5.68. The van der Waals surface area contributed by atoms with Crippen LogP contribution in [-0.2, 0) is 11.3 Å². The topological polar surface area (TPSA) is 43.4 Å². The van der Waals surface area contributed by atoms with Gasteiger partial charge in [-0.1, -0.05) is 13.0 Å². The molecule has 0 amide bonds. The Morgan fingerprint density at radius 3 is 3.17 bits per heavy atom. The lowest BCUT2D eigenvalue weighted by Gasteiger charge is -2.17. The summed E-state index contributed by atoms with van der Waals surface area (Å²) in [4.78, 5) is 4.38. The molecule has 0 saturated carbocycles. The van der Waals surface area contributed by atoms with Gasteiger partial charge in [-0.2, -0.15) is 0 Å². The molecule has 2 rings (SSSR count). The molecule has 0 aromatic carbocycles. The number of ether oxygens (including phenoxy) is 2. The third-order valence-corrected chi connectivity index (χ3v) is 3.45. The minimum Gasteiger partial charge on any atom is -0.481 e. The van der Waals surface area contributed by atoms with Gasteiger partial charge in [-0.25, -0.2) is 4.98 Å². The average molecular weight is 250 g/mol. The Hall–Kier alpha value is -1.13. The third-order valence-electron chi connectivity index (χ3n) is 3.45. The van der Waals surface area contributed by atoms with Gasteiger partial charge in [0.2, 0.25) is 5.88 Å². The molecule has 1 saturated heterocycles. The molecule has 1 aliphatic rings. The summed E-state index contributed by atoms with van der Waals surface area (Å²) >= 11 is 0. The van der Waals surface area contributed by atoms with Crippen LogP contribution in [-0.4, -0.2) is 31.3 Å². The number of nitrogens with one attached hydrogen (secondary N) is 1. The van der Waals surface area contributed by atoms with E-state index in [2.05, 4.69) is 17.2 Å². The van der Waals surface area contributed by atoms with E-state index in [0.717, 1.165) is 38.2 Å². The number of aromatic nitrogens is 1. The molecule has 18 heavy (non-hydrogen) atoms. The minimum atomic E-state index is 0.427. The molecule has 0 spiro atoms. The van der Waals surface area contributed by atoms with Gasteiger partial charge in [0.25, 0.3) is 0 Å². The Morgan fingerprint density at radius 1 is 1.50 bits per heavy atom. The lowest BCUT2D eigenvalue weighted by molar-refractivity contribution is 0.0872. The van der Waals surface area contributed by atoms with E-state index in [4.69, 9.17) is 9.47 Å². The first-order valence-electron chi connectivity index (χ1n) is 6.65. The van der Waals surface area contributed by atoms with E-state index in [1.54, 1.807) is 7.11 Å². The number of hydrogen-bond acceptors (Lipinski definition) is 4. The first-order chi connectivity index (χ1) is 8.83. The highest BCUT2D eigenvalue weighted by Gasteiger charge is 2.25. The zero-order valence-electron chi connectivity index (χ0n) is 11.2. The largest absolute Gasteiger partial charge is 0.481 e. The van der Waals surface area contributed by atoms with E-state index < -0.39 is 0 Å². The second-order valence-corrected chi connectivity index (χ2v) is 4.67. The summed E-state index contributed by atoms with van der Waals surface area (Å²) < 4.78 is 10.8. The molecule has 1 aromatic rings.